The highest BCUT2D eigenvalue weighted by Gasteiger charge is 2.15. The zero-order valence-electron chi connectivity index (χ0n) is 12.5. The van der Waals surface area contributed by atoms with Crippen molar-refractivity contribution >= 4 is 11.6 Å². The molecule has 2 aromatic rings. The second kappa shape index (κ2) is 7.58. The molecule has 0 heterocycles. The summed E-state index contributed by atoms with van der Waals surface area (Å²) >= 11 is 6.17. The average molecular weight is 306 g/mol. The first-order valence-corrected chi connectivity index (χ1v) is 7.72. The highest BCUT2D eigenvalue weighted by molar-refractivity contribution is 6.31. The summed E-state index contributed by atoms with van der Waals surface area (Å²) in [6.45, 7) is 5.20. The van der Waals surface area contributed by atoms with E-state index in [-0.39, 0.29) is 11.9 Å². The lowest BCUT2D eigenvalue weighted by Gasteiger charge is -2.21. The Hall–Kier alpha value is -1.38. The summed E-state index contributed by atoms with van der Waals surface area (Å²) in [4.78, 5) is 0. The summed E-state index contributed by atoms with van der Waals surface area (Å²) in [6, 6.07) is 13.2. The van der Waals surface area contributed by atoms with E-state index in [0.29, 0.717) is 5.02 Å². The molecule has 2 rings (SSSR count). The molecule has 0 aliphatic rings. The number of benzene rings is 2. The van der Waals surface area contributed by atoms with Crippen molar-refractivity contribution in [3.8, 4) is 0 Å². The summed E-state index contributed by atoms with van der Waals surface area (Å²) in [5, 5.41) is 4.06. The van der Waals surface area contributed by atoms with Crippen LogP contribution in [0.15, 0.2) is 42.5 Å². The summed E-state index contributed by atoms with van der Waals surface area (Å²) in [7, 11) is 0. The van der Waals surface area contributed by atoms with Crippen molar-refractivity contribution < 1.29 is 4.39 Å². The molecule has 0 aromatic heterocycles. The molecule has 112 valence electrons. The topological polar surface area (TPSA) is 12.0 Å². The molecule has 2 aromatic carbocycles. The Kier molecular flexibility index (Phi) is 5.77. The predicted octanol–water partition coefficient (Wildman–Crippen LogP) is 5.07. The predicted molar refractivity (Wildman–Crippen MR) is 87.3 cm³/mol. The second-order valence-corrected chi connectivity index (χ2v) is 5.71. The highest BCUT2D eigenvalue weighted by atomic mass is 35.5. The van der Waals surface area contributed by atoms with Crippen molar-refractivity contribution in [3.05, 3.63) is 70.0 Å². The Morgan fingerprint density at radius 3 is 2.62 bits per heavy atom. The minimum atomic E-state index is -0.294. The number of rotatable bonds is 6. The molecule has 21 heavy (non-hydrogen) atoms. The SMILES string of the molecule is CCCNC(Cc1ccc(F)cc1Cl)c1ccccc1C. The summed E-state index contributed by atoms with van der Waals surface area (Å²) in [5.74, 6) is -0.294. The maximum Gasteiger partial charge on any atom is 0.124 e. The number of hydrogen-bond acceptors (Lipinski definition) is 1. The van der Waals surface area contributed by atoms with Gasteiger partial charge in [-0.2, -0.15) is 0 Å². The molecule has 1 nitrogen and oxygen atoms in total. The molecule has 0 bridgehead atoms. The molecular formula is C18H21ClFN. The van der Waals surface area contributed by atoms with Crippen molar-refractivity contribution in [2.45, 2.75) is 32.7 Å². The molecule has 0 aliphatic heterocycles. The van der Waals surface area contributed by atoms with E-state index in [2.05, 4.69) is 37.4 Å². The minimum absolute atomic E-state index is 0.189. The van der Waals surface area contributed by atoms with Crippen LogP contribution >= 0.6 is 11.6 Å². The third kappa shape index (κ3) is 4.29. The van der Waals surface area contributed by atoms with Gasteiger partial charge in [0.2, 0.25) is 0 Å². The van der Waals surface area contributed by atoms with Gasteiger partial charge in [-0.15, -0.1) is 0 Å². The zero-order chi connectivity index (χ0) is 15.2. The number of nitrogens with one attached hydrogen (secondary N) is 1. The molecule has 0 saturated carbocycles. The average Bonchev–Trinajstić information content (AvgIpc) is 2.46. The van der Waals surface area contributed by atoms with Gasteiger partial charge >= 0.3 is 0 Å². The van der Waals surface area contributed by atoms with Gasteiger partial charge in [0.1, 0.15) is 5.82 Å². The van der Waals surface area contributed by atoms with E-state index in [1.807, 2.05) is 6.07 Å². The largest absolute Gasteiger partial charge is 0.310 e. The smallest absolute Gasteiger partial charge is 0.124 e. The first-order valence-electron chi connectivity index (χ1n) is 7.34. The minimum Gasteiger partial charge on any atom is -0.310 e. The van der Waals surface area contributed by atoms with E-state index >= 15 is 0 Å². The number of halogens is 2. The van der Waals surface area contributed by atoms with Crippen LogP contribution in [0.4, 0.5) is 4.39 Å². The van der Waals surface area contributed by atoms with Crippen LogP contribution in [0.3, 0.4) is 0 Å². The number of aryl methyl sites for hydroxylation is 1. The van der Waals surface area contributed by atoms with Gasteiger partial charge in [-0.05, 0) is 55.1 Å². The highest BCUT2D eigenvalue weighted by Crippen LogP contribution is 2.26. The molecule has 0 radical (unpaired) electrons. The molecule has 0 amide bonds. The zero-order valence-corrected chi connectivity index (χ0v) is 13.3. The van der Waals surface area contributed by atoms with Crippen molar-refractivity contribution in [2.24, 2.45) is 0 Å². The Balaban J connectivity index is 2.26. The maximum atomic E-state index is 13.2. The Labute approximate surface area is 131 Å². The van der Waals surface area contributed by atoms with Crippen LogP contribution in [0, 0.1) is 12.7 Å². The van der Waals surface area contributed by atoms with Crippen LogP contribution in [-0.4, -0.2) is 6.54 Å². The van der Waals surface area contributed by atoms with E-state index in [9.17, 15) is 4.39 Å². The molecule has 0 aliphatic carbocycles. The van der Waals surface area contributed by atoms with Gasteiger partial charge in [0.25, 0.3) is 0 Å². The van der Waals surface area contributed by atoms with Crippen LogP contribution in [0.25, 0.3) is 0 Å². The summed E-state index contributed by atoms with van der Waals surface area (Å²) in [5.41, 5.74) is 3.49. The van der Waals surface area contributed by atoms with Gasteiger partial charge in [0, 0.05) is 11.1 Å². The van der Waals surface area contributed by atoms with Gasteiger partial charge in [0.05, 0.1) is 0 Å². The third-order valence-electron chi connectivity index (χ3n) is 3.64. The second-order valence-electron chi connectivity index (χ2n) is 5.30. The first kappa shape index (κ1) is 16.0. The van der Waals surface area contributed by atoms with Crippen molar-refractivity contribution in [1.29, 1.82) is 0 Å². The van der Waals surface area contributed by atoms with Crippen LogP contribution in [0.1, 0.15) is 36.1 Å². The fraction of sp³-hybridized carbons (Fsp3) is 0.333. The van der Waals surface area contributed by atoms with Crippen LogP contribution in [0.5, 0.6) is 0 Å². The molecule has 1 N–H and O–H groups in total. The van der Waals surface area contributed by atoms with Crippen molar-refractivity contribution in [1.82, 2.24) is 5.32 Å². The fourth-order valence-corrected chi connectivity index (χ4v) is 2.74. The van der Waals surface area contributed by atoms with E-state index in [4.69, 9.17) is 11.6 Å². The van der Waals surface area contributed by atoms with E-state index in [1.54, 1.807) is 6.07 Å². The molecule has 0 saturated heterocycles. The first-order chi connectivity index (χ1) is 10.1. The molecule has 0 spiro atoms. The van der Waals surface area contributed by atoms with Gasteiger partial charge in [0.15, 0.2) is 0 Å². The molecular weight excluding hydrogens is 285 g/mol. The van der Waals surface area contributed by atoms with Crippen molar-refractivity contribution in [3.63, 3.8) is 0 Å². The summed E-state index contributed by atoms with van der Waals surface area (Å²) in [6.07, 6.45) is 1.82. The third-order valence-corrected chi connectivity index (χ3v) is 4.00. The summed E-state index contributed by atoms with van der Waals surface area (Å²) < 4.78 is 13.2. The van der Waals surface area contributed by atoms with Gasteiger partial charge in [-0.25, -0.2) is 4.39 Å². The lowest BCUT2D eigenvalue weighted by Crippen LogP contribution is -2.25. The molecule has 1 unspecified atom stereocenters. The lowest BCUT2D eigenvalue weighted by molar-refractivity contribution is 0.526. The Morgan fingerprint density at radius 2 is 1.95 bits per heavy atom. The normalized spacial score (nSPS) is 12.4. The standard InChI is InChI=1S/C18H21ClFN/c1-3-10-21-18(16-7-5-4-6-13(16)2)11-14-8-9-15(20)12-17(14)19/h4-9,12,18,21H,3,10-11H2,1-2H3. The maximum absolute atomic E-state index is 13.2. The number of hydrogen-bond donors (Lipinski definition) is 1. The molecule has 0 fully saturated rings. The molecule has 1 atom stereocenters. The van der Waals surface area contributed by atoms with Gasteiger partial charge in [-0.3, -0.25) is 0 Å². The van der Waals surface area contributed by atoms with Gasteiger partial charge < -0.3 is 5.32 Å². The monoisotopic (exact) mass is 305 g/mol. The van der Waals surface area contributed by atoms with Crippen LogP contribution in [0.2, 0.25) is 5.02 Å². The van der Waals surface area contributed by atoms with Gasteiger partial charge in [-0.1, -0.05) is 48.9 Å². The van der Waals surface area contributed by atoms with Crippen LogP contribution in [-0.2, 0) is 6.42 Å². The van der Waals surface area contributed by atoms with E-state index < -0.39 is 0 Å². The lowest BCUT2D eigenvalue weighted by atomic mass is 9.95. The quantitative estimate of drug-likeness (QED) is 0.785. The Bertz CT molecular complexity index is 598. The van der Waals surface area contributed by atoms with Crippen LogP contribution < -0.4 is 5.32 Å². The van der Waals surface area contributed by atoms with E-state index in [1.165, 1.54) is 23.3 Å². The van der Waals surface area contributed by atoms with Crippen molar-refractivity contribution in [2.75, 3.05) is 6.54 Å². The fourth-order valence-electron chi connectivity index (χ4n) is 2.50. The molecule has 3 heteroatoms. The Morgan fingerprint density at radius 1 is 1.19 bits per heavy atom. The van der Waals surface area contributed by atoms with E-state index in [0.717, 1.165) is 24.9 Å².